The summed E-state index contributed by atoms with van der Waals surface area (Å²) in [6.07, 6.45) is 2.37. The van der Waals surface area contributed by atoms with Gasteiger partial charge in [0.05, 0.1) is 12.5 Å². The Morgan fingerprint density at radius 1 is 1.71 bits per heavy atom. The maximum absolute atomic E-state index is 11.8. The molecule has 1 saturated carbocycles. The van der Waals surface area contributed by atoms with Crippen LogP contribution < -0.4 is 11.1 Å². The highest BCUT2D eigenvalue weighted by Gasteiger charge is 2.35. The molecule has 1 atom stereocenters. The van der Waals surface area contributed by atoms with Gasteiger partial charge in [0.1, 0.15) is 0 Å². The van der Waals surface area contributed by atoms with Crippen LogP contribution in [0.5, 0.6) is 0 Å². The van der Waals surface area contributed by atoms with E-state index in [0.717, 1.165) is 18.4 Å². The highest BCUT2D eigenvalue weighted by molar-refractivity contribution is 7.07. The van der Waals surface area contributed by atoms with Crippen LogP contribution >= 0.6 is 11.3 Å². The number of amidine groups is 1. The van der Waals surface area contributed by atoms with Crippen molar-refractivity contribution in [3.8, 4) is 0 Å². The fraction of sp³-hybridized carbons (Fsp3) is 0.455. The monoisotopic (exact) mass is 253 g/mol. The molecule has 0 saturated heterocycles. The molecule has 1 fully saturated rings. The minimum atomic E-state index is -0.328. The first-order valence-corrected chi connectivity index (χ1v) is 6.43. The van der Waals surface area contributed by atoms with Gasteiger partial charge in [-0.15, -0.1) is 0 Å². The number of thiophene rings is 1. The van der Waals surface area contributed by atoms with Crippen molar-refractivity contribution in [1.82, 2.24) is 5.32 Å². The molecule has 1 heterocycles. The first-order valence-electron chi connectivity index (χ1n) is 5.48. The van der Waals surface area contributed by atoms with Gasteiger partial charge in [-0.25, -0.2) is 0 Å². The summed E-state index contributed by atoms with van der Waals surface area (Å²) in [5.41, 5.74) is 6.55. The van der Waals surface area contributed by atoms with E-state index in [0.29, 0.717) is 12.3 Å². The number of amides is 1. The molecule has 17 heavy (non-hydrogen) atoms. The van der Waals surface area contributed by atoms with Crippen LogP contribution in [0.3, 0.4) is 0 Å². The predicted molar refractivity (Wildman–Crippen MR) is 66.1 cm³/mol. The summed E-state index contributed by atoms with van der Waals surface area (Å²) in [5.74, 6) is 0.315. The zero-order valence-corrected chi connectivity index (χ0v) is 10.1. The molecular formula is C11H15N3O2S. The van der Waals surface area contributed by atoms with Gasteiger partial charge in [0.15, 0.2) is 5.84 Å². The lowest BCUT2D eigenvalue weighted by Crippen LogP contribution is -2.46. The summed E-state index contributed by atoms with van der Waals surface area (Å²) in [6.45, 7) is 0. The molecule has 5 nitrogen and oxygen atoms in total. The lowest BCUT2D eigenvalue weighted by Gasteiger charge is -2.16. The third-order valence-electron chi connectivity index (χ3n) is 2.79. The summed E-state index contributed by atoms with van der Waals surface area (Å²) in [5, 5.41) is 18.3. The highest BCUT2D eigenvalue weighted by atomic mass is 32.1. The second-order valence-electron chi connectivity index (χ2n) is 4.22. The smallest absolute Gasteiger partial charge is 0.225 e. The normalized spacial score (nSPS) is 17.8. The van der Waals surface area contributed by atoms with Crippen molar-refractivity contribution < 1.29 is 10.0 Å². The van der Waals surface area contributed by atoms with Gasteiger partial charge < -0.3 is 16.3 Å². The Morgan fingerprint density at radius 2 is 2.47 bits per heavy atom. The summed E-state index contributed by atoms with van der Waals surface area (Å²) >= 11 is 1.56. The van der Waals surface area contributed by atoms with Gasteiger partial charge in [0.25, 0.3) is 0 Å². The maximum atomic E-state index is 11.8. The minimum absolute atomic E-state index is 0.0890. The van der Waals surface area contributed by atoms with E-state index in [1.807, 2.05) is 16.8 Å². The van der Waals surface area contributed by atoms with Crippen molar-refractivity contribution in [2.24, 2.45) is 16.8 Å². The first kappa shape index (κ1) is 11.9. The van der Waals surface area contributed by atoms with Gasteiger partial charge in [-0.2, -0.15) is 11.3 Å². The van der Waals surface area contributed by atoms with Crippen LogP contribution in [-0.2, 0) is 11.2 Å². The molecule has 0 radical (unpaired) electrons. The number of oxime groups is 1. The van der Waals surface area contributed by atoms with Crippen LogP contribution in [-0.4, -0.2) is 23.0 Å². The SMILES string of the molecule is NC(=NO)C(NC(=O)Cc1ccsc1)C1CC1. The Hall–Kier alpha value is -1.56. The molecule has 1 aromatic heterocycles. The van der Waals surface area contributed by atoms with E-state index in [4.69, 9.17) is 10.9 Å². The van der Waals surface area contributed by atoms with Gasteiger partial charge in [0.2, 0.25) is 5.91 Å². The summed E-state index contributed by atoms with van der Waals surface area (Å²) in [4.78, 5) is 11.8. The number of nitrogens with two attached hydrogens (primary N) is 1. The van der Waals surface area contributed by atoms with Crippen molar-refractivity contribution in [1.29, 1.82) is 0 Å². The average Bonchev–Trinajstić information content (AvgIpc) is 3.04. The first-order chi connectivity index (χ1) is 8.20. The number of rotatable bonds is 5. The molecule has 1 unspecified atom stereocenters. The molecule has 1 aliphatic rings. The Balaban J connectivity index is 1.91. The molecule has 0 aliphatic heterocycles. The molecule has 1 aliphatic carbocycles. The van der Waals surface area contributed by atoms with E-state index in [1.54, 1.807) is 11.3 Å². The fourth-order valence-corrected chi connectivity index (χ4v) is 2.40. The van der Waals surface area contributed by atoms with Crippen molar-refractivity contribution in [3.05, 3.63) is 22.4 Å². The molecule has 92 valence electrons. The largest absolute Gasteiger partial charge is 0.409 e. The zero-order chi connectivity index (χ0) is 12.3. The Morgan fingerprint density at radius 3 is 3.00 bits per heavy atom. The second kappa shape index (κ2) is 5.18. The van der Waals surface area contributed by atoms with Gasteiger partial charge in [-0.05, 0) is 41.1 Å². The number of nitrogens with zero attached hydrogens (tertiary/aromatic N) is 1. The van der Waals surface area contributed by atoms with E-state index >= 15 is 0 Å². The molecule has 6 heteroatoms. The van der Waals surface area contributed by atoms with Crippen molar-refractivity contribution >= 4 is 23.1 Å². The average molecular weight is 253 g/mol. The van der Waals surface area contributed by atoms with E-state index in [-0.39, 0.29) is 17.8 Å². The summed E-state index contributed by atoms with van der Waals surface area (Å²) in [6, 6.07) is 1.59. The summed E-state index contributed by atoms with van der Waals surface area (Å²) < 4.78 is 0. The van der Waals surface area contributed by atoms with Crippen molar-refractivity contribution in [3.63, 3.8) is 0 Å². The molecule has 0 spiro atoms. The number of hydrogen-bond acceptors (Lipinski definition) is 4. The van der Waals surface area contributed by atoms with E-state index in [2.05, 4.69) is 10.5 Å². The van der Waals surface area contributed by atoms with E-state index in [9.17, 15) is 4.79 Å². The van der Waals surface area contributed by atoms with Gasteiger partial charge in [-0.1, -0.05) is 5.16 Å². The van der Waals surface area contributed by atoms with Gasteiger partial charge in [0, 0.05) is 0 Å². The quantitative estimate of drug-likeness (QED) is 0.316. The van der Waals surface area contributed by atoms with Crippen LogP contribution in [0.25, 0.3) is 0 Å². The van der Waals surface area contributed by atoms with Crippen LogP contribution in [0.1, 0.15) is 18.4 Å². The Labute approximate surface area is 103 Å². The third kappa shape index (κ3) is 3.20. The van der Waals surface area contributed by atoms with Crippen LogP contribution in [0.4, 0.5) is 0 Å². The fourth-order valence-electron chi connectivity index (χ4n) is 1.73. The number of hydrogen-bond donors (Lipinski definition) is 3. The van der Waals surface area contributed by atoms with Crippen LogP contribution in [0.15, 0.2) is 22.0 Å². The lowest BCUT2D eigenvalue weighted by atomic mass is 10.1. The Kier molecular flexibility index (Phi) is 3.63. The minimum Gasteiger partial charge on any atom is -0.409 e. The standard InChI is InChI=1S/C11H15N3O2S/c12-11(14-16)10(8-1-2-8)13-9(15)5-7-3-4-17-6-7/h3-4,6,8,10,16H,1-2,5H2,(H2,12,14)(H,13,15). The van der Waals surface area contributed by atoms with Crippen LogP contribution in [0, 0.1) is 5.92 Å². The Bertz CT molecular complexity index is 412. The van der Waals surface area contributed by atoms with Gasteiger partial charge in [-0.3, -0.25) is 4.79 Å². The number of nitrogens with one attached hydrogen (secondary N) is 1. The maximum Gasteiger partial charge on any atom is 0.225 e. The van der Waals surface area contributed by atoms with E-state index in [1.165, 1.54) is 0 Å². The topological polar surface area (TPSA) is 87.7 Å². The molecule has 0 bridgehead atoms. The molecule has 1 aromatic rings. The van der Waals surface area contributed by atoms with Gasteiger partial charge >= 0.3 is 0 Å². The number of carbonyl (C=O) groups is 1. The van der Waals surface area contributed by atoms with Crippen molar-refractivity contribution in [2.45, 2.75) is 25.3 Å². The summed E-state index contributed by atoms with van der Waals surface area (Å²) in [7, 11) is 0. The zero-order valence-electron chi connectivity index (χ0n) is 9.30. The molecule has 1 amide bonds. The lowest BCUT2D eigenvalue weighted by molar-refractivity contribution is -0.120. The second-order valence-corrected chi connectivity index (χ2v) is 5.00. The predicted octanol–water partition coefficient (Wildman–Crippen LogP) is 0.932. The highest BCUT2D eigenvalue weighted by Crippen LogP contribution is 2.32. The molecular weight excluding hydrogens is 238 g/mol. The molecule has 0 aromatic carbocycles. The van der Waals surface area contributed by atoms with E-state index < -0.39 is 0 Å². The van der Waals surface area contributed by atoms with Crippen molar-refractivity contribution in [2.75, 3.05) is 0 Å². The molecule has 2 rings (SSSR count). The number of carbonyl (C=O) groups excluding carboxylic acids is 1. The van der Waals surface area contributed by atoms with Crippen LogP contribution in [0.2, 0.25) is 0 Å². The third-order valence-corrected chi connectivity index (χ3v) is 3.52. The molecule has 4 N–H and O–H groups in total.